The fraction of sp³-hybridized carbons (Fsp3) is 0.250. The lowest BCUT2D eigenvalue weighted by Crippen LogP contribution is -2.44. The number of hydrogen-bond acceptors (Lipinski definition) is 5. The summed E-state index contributed by atoms with van der Waals surface area (Å²) >= 11 is 0. The summed E-state index contributed by atoms with van der Waals surface area (Å²) in [6.07, 6.45) is 0.0986. The number of non-ortho nitro benzene ring substituents is 1. The van der Waals surface area contributed by atoms with E-state index >= 15 is 0 Å². The van der Waals surface area contributed by atoms with Crippen LogP contribution in [-0.2, 0) is 16.0 Å². The number of nitrogens with one attached hydrogen (secondary N) is 1. The van der Waals surface area contributed by atoms with Crippen molar-refractivity contribution in [3.8, 4) is 0 Å². The van der Waals surface area contributed by atoms with E-state index in [4.69, 9.17) is 0 Å². The van der Waals surface area contributed by atoms with Gasteiger partial charge >= 0.3 is 5.97 Å². The minimum atomic E-state index is -1.11. The highest BCUT2D eigenvalue weighted by Gasteiger charge is 2.26. The average Bonchev–Trinajstić information content (AvgIpc) is 2.71. The molecule has 2 N–H and O–H groups in total. The number of nitro benzene ring substituents is 1. The van der Waals surface area contributed by atoms with E-state index in [0.717, 1.165) is 10.5 Å². The van der Waals surface area contributed by atoms with Crippen molar-refractivity contribution in [3.05, 3.63) is 75.8 Å². The van der Waals surface area contributed by atoms with Crippen molar-refractivity contribution < 1.29 is 24.4 Å². The third-order valence-corrected chi connectivity index (χ3v) is 4.38. The molecular weight excluding hydrogens is 378 g/mol. The summed E-state index contributed by atoms with van der Waals surface area (Å²) in [6, 6.07) is 13.1. The molecule has 0 fully saturated rings. The number of amides is 2. The van der Waals surface area contributed by atoms with Gasteiger partial charge in [0.15, 0.2) is 0 Å². The molecule has 1 atom stereocenters. The van der Waals surface area contributed by atoms with Crippen LogP contribution in [0.5, 0.6) is 0 Å². The second-order valence-corrected chi connectivity index (χ2v) is 6.36. The van der Waals surface area contributed by atoms with Gasteiger partial charge in [0.05, 0.1) is 4.92 Å². The lowest BCUT2D eigenvalue weighted by molar-refractivity contribution is -0.384. The zero-order chi connectivity index (χ0) is 21.4. The largest absolute Gasteiger partial charge is 0.480 e. The maximum atomic E-state index is 12.4. The SMILES string of the molecule is CN(C(=O)CCNC(=O)c1ccc([N+](=O)[O-])cc1)C(Cc1ccccc1)C(=O)O. The molecule has 2 amide bonds. The van der Waals surface area contributed by atoms with Gasteiger partial charge in [-0.15, -0.1) is 0 Å². The molecule has 0 saturated heterocycles. The van der Waals surface area contributed by atoms with Crippen molar-refractivity contribution in [2.24, 2.45) is 0 Å². The molecule has 2 aromatic rings. The highest BCUT2D eigenvalue weighted by Crippen LogP contribution is 2.12. The summed E-state index contributed by atoms with van der Waals surface area (Å²) in [5.41, 5.74) is 0.895. The van der Waals surface area contributed by atoms with Gasteiger partial charge < -0.3 is 15.3 Å². The highest BCUT2D eigenvalue weighted by atomic mass is 16.6. The Morgan fingerprint density at radius 1 is 1.10 bits per heavy atom. The number of carbonyl (C=O) groups excluding carboxylic acids is 2. The smallest absolute Gasteiger partial charge is 0.326 e. The van der Waals surface area contributed by atoms with E-state index in [2.05, 4.69) is 5.32 Å². The molecule has 2 rings (SSSR count). The van der Waals surface area contributed by atoms with Crippen LogP contribution in [0.4, 0.5) is 5.69 Å². The quantitative estimate of drug-likeness (QED) is 0.489. The van der Waals surface area contributed by atoms with Crippen molar-refractivity contribution >= 4 is 23.5 Å². The van der Waals surface area contributed by atoms with Crippen LogP contribution in [0.15, 0.2) is 54.6 Å². The lowest BCUT2D eigenvalue weighted by atomic mass is 10.0. The Labute approximate surface area is 167 Å². The topological polar surface area (TPSA) is 130 Å². The first-order valence-corrected chi connectivity index (χ1v) is 8.84. The molecule has 0 aliphatic carbocycles. The molecule has 29 heavy (non-hydrogen) atoms. The lowest BCUT2D eigenvalue weighted by Gasteiger charge is -2.25. The molecule has 0 saturated carbocycles. The second kappa shape index (κ2) is 9.98. The Hall–Kier alpha value is -3.75. The van der Waals surface area contributed by atoms with E-state index in [-0.39, 0.29) is 30.6 Å². The van der Waals surface area contributed by atoms with Crippen molar-refractivity contribution in [2.45, 2.75) is 18.9 Å². The molecule has 2 aromatic carbocycles. The third kappa shape index (κ3) is 6.13. The van der Waals surface area contributed by atoms with Crippen molar-refractivity contribution in [1.29, 1.82) is 0 Å². The fourth-order valence-electron chi connectivity index (χ4n) is 2.70. The molecule has 0 radical (unpaired) electrons. The number of carboxylic acids is 1. The number of aliphatic carboxylic acids is 1. The Kier molecular flexibility index (Phi) is 7.41. The number of hydrogen-bond donors (Lipinski definition) is 2. The van der Waals surface area contributed by atoms with Gasteiger partial charge in [0.2, 0.25) is 5.91 Å². The van der Waals surface area contributed by atoms with Gasteiger partial charge in [0.25, 0.3) is 11.6 Å². The molecule has 0 spiro atoms. The normalized spacial score (nSPS) is 11.3. The maximum Gasteiger partial charge on any atom is 0.326 e. The number of likely N-dealkylation sites (N-methyl/N-ethyl adjacent to an activating group) is 1. The first-order chi connectivity index (χ1) is 13.8. The van der Waals surface area contributed by atoms with Crippen molar-refractivity contribution in [1.82, 2.24) is 10.2 Å². The van der Waals surface area contributed by atoms with Crippen LogP contribution in [0.2, 0.25) is 0 Å². The third-order valence-electron chi connectivity index (χ3n) is 4.38. The van der Waals surface area contributed by atoms with Crippen molar-refractivity contribution in [3.63, 3.8) is 0 Å². The number of nitrogens with zero attached hydrogens (tertiary/aromatic N) is 2. The average molecular weight is 399 g/mol. The van der Waals surface area contributed by atoms with E-state index in [1.165, 1.54) is 31.3 Å². The summed E-state index contributed by atoms with van der Waals surface area (Å²) < 4.78 is 0. The predicted molar refractivity (Wildman–Crippen MR) is 104 cm³/mol. The van der Waals surface area contributed by atoms with E-state index < -0.39 is 28.7 Å². The van der Waals surface area contributed by atoms with Gasteiger partial charge in [-0.25, -0.2) is 4.79 Å². The molecule has 0 bridgehead atoms. The predicted octanol–water partition coefficient (Wildman–Crippen LogP) is 1.87. The highest BCUT2D eigenvalue weighted by molar-refractivity contribution is 5.94. The minimum Gasteiger partial charge on any atom is -0.480 e. The number of carbonyl (C=O) groups is 3. The van der Waals surface area contributed by atoms with Gasteiger partial charge in [0, 0.05) is 44.1 Å². The molecule has 152 valence electrons. The first-order valence-electron chi connectivity index (χ1n) is 8.84. The first kappa shape index (κ1) is 21.5. The number of carboxylic acid groups (broad SMARTS) is 1. The zero-order valence-electron chi connectivity index (χ0n) is 15.8. The Morgan fingerprint density at radius 3 is 2.28 bits per heavy atom. The maximum absolute atomic E-state index is 12.4. The van der Waals surface area contributed by atoms with Crippen LogP contribution in [0.3, 0.4) is 0 Å². The molecule has 0 aliphatic rings. The fourth-order valence-corrected chi connectivity index (χ4v) is 2.70. The van der Waals surface area contributed by atoms with E-state index in [1.807, 2.05) is 6.07 Å². The number of nitro groups is 1. The van der Waals surface area contributed by atoms with E-state index in [9.17, 15) is 29.6 Å². The monoisotopic (exact) mass is 399 g/mol. The molecule has 9 heteroatoms. The Bertz CT molecular complexity index is 883. The van der Waals surface area contributed by atoms with Gasteiger partial charge in [-0.05, 0) is 17.7 Å². The summed E-state index contributed by atoms with van der Waals surface area (Å²) in [5, 5.41) is 22.6. The van der Waals surface area contributed by atoms with Crippen LogP contribution in [0, 0.1) is 10.1 Å². The summed E-state index contributed by atoms with van der Waals surface area (Å²) in [4.78, 5) is 47.2. The van der Waals surface area contributed by atoms with Crippen LogP contribution < -0.4 is 5.32 Å². The molecule has 9 nitrogen and oxygen atoms in total. The Morgan fingerprint density at radius 2 is 1.72 bits per heavy atom. The van der Waals surface area contributed by atoms with Crippen LogP contribution in [-0.4, -0.2) is 52.3 Å². The zero-order valence-corrected chi connectivity index (χ0v) is 15.8. The van der Waals surface area contributed by atoms with E-state index in [1.54, 1.807) is 24.3 Å². The molecule has 1 unspecified atom stereocenters. The van der Waals surface area contributed by atoms with Crippen LogP contribution >= 0.6 is 0 Å². The summed E-state index contributed by atoms with van der Waals surface area (Å²) in [6.45, 7) is 0.0106. The van der Waals surface area contributed by atoms with Crippen LogP contribution in [0.1, 0.15) is 22.3 Å². The molecule has 0 aliphatic heterocycles. The summed E-state index contributed by atoms with van der Waals surface area (Å²) in [5.74, 6) is -2.01. The van der Waals surface area contributed by atoms with Crippen LogP contribution in [0.25, 0.3) is 0 Å². The Balaban J connectivity index is 1.88. The number of benzene rings is 2. The summed E-state index contributed by atoms with van der Waals surface area (Å²) in [7, 11) is 1.42. The van der Waals surface area contributed by atoms with Crippen molar-refractivity contribution in [2.75, 3.05) is 13.6 Å². The molecule has 0 heterocycles. The molecule has 0 aromatic heterocycles. The van der Waals surface area contributed by atoms with Gasteiger partial charge in [-0.1, -0.05) is 30.3 Å². The second-order valence-electron chi connectivity index (χ2n) is 6.36. The van der Waals surface area contributed by atoms with Gasteiger partial charge in [0.1, 0.15) is 6.04 Å². The van der Waals surface area contributed by atoms with E-state index in [0.29, 0.717) is 0 Å². The van der Waals surface area contributed by atoms with Gasteiger partial charge in [-0.2, -0.15) is 0 Å². The minimum absolute atomic E-state index is 0.0106. The molecular formula is C20H21N3O6. The number of rotatable bonds is 9. The standard InChI is InChI=1S/C20H21N3O6/c1-22(17(20(26)27)13-14-5-3-2-4-6-14)18(24)11-12-21-19(25)15-7-9-16(10-8-15)23(28)29/h2-10,17H,11-13H2,1H3,(H,21,25)(H,26,27). The van der Waals surface area contributed by atoms with Gasteiger partial charge in [-0.3, -0.25) is 19.7 Å².